The van der Waals surface area contributed by atoms with Crippen molar-refractivity contribution in [2.75, 3.05) is 0 Å². The van der Waals surface area contributed by atoms with Crippen molar-refractivity contribution in [3.63, 3.8) is 0 Å². The lowest BCUT2D eigenvalue weighted by Crippen LogP contribution is -2.40. The zero-order chi connectivity index (χ0) is 15.0. The van der Waals surface area contributed by atoms with Gasteiger partial charge in [-0.2, -0.15) is 5.10 Å². The lowest BCUT2D eigenvalue weighted by atomic mass is 10.1. The predicted octanol–water partition coefficient (Wildman–Crippen LogP) is 1.10. The van der Waals surface area contributed by atoms with E-state index in [0.717, 1.165) is 11.3 Å². The molecule has 1 saturated heterocycles. The third-order valence-electron chi connectivity index (χ3n) is 3.38. The van der Waals surface area contributed by atoms with Gasteiger partial charge in [0.25, 0.3) is 5.91 Å². The molecule has 3 rings (SSSR count). The second-order valence-electron chi connectivity index (χ2n) is 5.46. The van der Waals surface area contributed by atoms with Gasteiger partial charge in [0.05, 0.1) is 12.2 Å². The van der Waals surface area contributed by atoms with Crippen molar-refractivity contribution >= 4 is 11.9 Å². The molecule has 0 saturated carbocycles. The second-order valence-corrected chi connectivity index (χ2v) is 5.46. The highest BCUT2D eigenvalue weighted by atomic mass is 16.2. The van der Waals surface area contributed by atoms with E-state index in [1.54, 1.807) is 24.9 Å². The first-order valence-electron chi connectivity index (χ1n) is 6.55. The molecular weight excluding hydrogens is 270 g/mol. The van der Waals surface area contributed by atoms with E-state index in [-0.39, 0.29) is 18.5 Å². The molecule has 1 aliphatic rings. The van der Waals surface area contributed by atoms with Gasteiger partial charge in [-0.1, -0.05) is 12.1 Å². The van der Waals surface area contributed by atoms with Crippen molar-refractivity contribution in [2.45, 2.75) is 25.9 Å². The number of imide groups is 1. The van der Waals surface area contributed by atoms with Crippen LogP contribution >= 0.6 is 0 Å². The van der Waals surface area contributed by atoms with E-state index in [1.807, 2.05) is 24.3 Å². The lowest BCUT2D eigenvalue weighted by Gasteiger charge is -2.16. The third kappa shape index (κ3) is 2.37. The Morgan fingerprint density at radius 3 is 2.71 bits per heavy atom. The summed E-state index contributed by atoms with van der Waals surface area (Å²) in [6, 6.07) is 7.12. The van der Waals surface area contributed by atoms with Crippen molar-refractivity contribution < 1.29 is 9.59 Å². The normalized spacial score (nSPS) is 17.1. The highest BCUT2D eigenvalue weighted by Crippen LogP contribution is 2.20. The number of aromatic nitrogens is 3. The summed E-state index contributed by atoms with van der Waals surface area (Å²) in [6.07, 6.45) is 3.04. The molecular formula is C14H15N5O2. The van der Waals surface area contributed by atoms with Crippen LogP contribution in [0.2, 0.25) is 0 Å². The maximum absolute atomic E-state index is 12.2. The van der Waals surface area contributed by atoms with Crippen LogP contribution in [0.25, 0.3) is 5.69 Å². The standard InChI is InChI=1S/C14H15N5O2/c1-14(2)12(20)18(13(21)17-14)7-10-4-3-5-11(6-10)19-9-15-8-16-19/h3-6,8-9H,7H2,1-2H3,(H,17,21). The van der Waals surface area contributed by atoms with Crippen molar-refractivity contribution in [2.24, 2.45) is 0 Å². The Hall–Kier alpha value is -2.70. The van der Waals surface area contributed by atoms with Gasteiger partial charge in [-0.25, -0.2) is 14.5 Å². The van der Waals surface area contributed by atoms with Gasteiger partial charge in [0.1, 0.15) is 18.2 Å². The molecule has 0 bridgehead atoms. The molecule has 0 radical (unpaired) electrons. The van der Waals surface area contributed by atoms with Gasteiger partial charge < -0.3 is 5.32 Å². The first kappa shape index (κ1) is 13.3. The van der Waals surface area contributed by atoms with E-state index in [1.165, 1.54) is 11.2 Å². The van der Waals surface area contributed by atoms with Crippen molar-refractivity contribution in [3.05, 3.63) is 42.5 Å². The Kier molecular flexibility index (Phi) is 2.97. The summed E-state index contributed by atoms with van der Waals surface area (Å²) in [4.78, 5) is 29.2. The Bertz CT molecular complexity index is 693. The monoisotopic (exact) mass is 285 g/mol. The second kappa shape index (κ2) is 4.69. The van der Waals surface area contributed by atoms with E-state index in [4.69, 9.17) is 0 Å². The van der Waals surface area contributed by atoms with E-state index >= 15 is 0 Å². The maximum atomic E-state index is 12.2. The highest BCUT2D eigenvalue weighted by molar-refractivity contribution is 6.06. The van der Waals surface area contributed by atoms with Crippen LogP contribution in [0.15, 0.2) is 36.9 Å². The molecule has 2 aromatic rings. The first-order valence-corrected chi connectivity index (χ1v) is 6.55. The summed E-state index contributed by atoms with van der Waals surface area (Å²) < 4.78 is 1.62. The number of hydrogen-bond donors (Lipinski definition) is 1. The highest BCUT2D eigenvalue weighted by Gasteiger charge is 2.44. The minimum atomic E-state index is -0.847. The summed E-state index contributed by atoms with van der Waals surface area (Å²) in [5.41, 5.74) is 0.834. The van der Waals surface area contributed by atoms with Gasteiger partial charge in [0.15, 0.2) is 0 Å². The molecule has 7 heteroatoms. The largest absolute Gasteiger partial charge is 0.325 e. The summed E-state index contributed by atoms with van der Waals surface area (Å²) >= 11 is 0. The molecule has 108 valence electrons. The molecule has 0 aliphatic carbocycles. The fourth-order valence-corrected chi connectivity index (χ4v) is 2.28. The van der Waals surface area contributed by atoms with Crippen LogP contribution in [0.3, 0.4) is 0 Å². The number of nitrogens with zero attached hydrogens (tertiary/aromatic N) is 4. The molecule has 1 aliphatic heterocycles. The van der Waals surface area contributed by atoms with Crippen molar-refractivity contribution in [3.8, 4) is 5.69 Å². The number of amides is 3. The minimum Gasteiger partial charge on any atom is -0.324 e. The predicted molar refractivity (Wildman–Crippen MR) is 74.5 cm³/mol. The van der Waals surface area contributed by atoms with Gasteiger partial charge in [-0.3, -0.25) is 9.69 Å². The van der Waals surface area contributed by atoms with Crippen LogP contribution in [0.4, 0.5) is 4.79 Å². The SMILES string of the molecule is CC1(C)NC(=O)N(Cc2cccc(-n3cncn3)c2)C1=O. The fourth-order valence-electron chi connectivity index (χ4n) is 2.28. The molecule has 0 unspecified atom stereocenters. The summed E-state index contributed by atoms with van der Waals surface area (Å²) in [5.74, 6) is -0.223. The van der Waals surface area contributed by atoms with Crippen LogP contribution in [-0.4, -0.2) is 37.1 Å². The average Bonchev–Trinajstić information content (AvgIpc) is 3.03. The molecule has 1 aromatic heterocycles. The molecule has 21 heavy (non-hydrogen) atoms. The Morgan fingerprint density at radius 1 is 1.29 bits per heavy atom. The van der Waals surface area contributed by atoms with Crippen LogP contribution in [-0.2, 0) is 11.3 Å². The summed E-state index contributed by atoms with van der Waals surface area (Å²) in [6.45, 7) is 3.62. The molecule has 7 nitrogen and oxygen atoms in total. The Balaban J connectivity index is 1.85. The lowest BCUT2D eigenvalue weighted by molar-refractivity contribution is -0.130. The van der Waals surface area contributed by atoms with Crippen LogP contribution in [0.1, 0.15) is 19.4 Å². The van der Waals surface area contributed by atoms with E-state index in [2.05, 4.69) is 15.4 Å². The van der Waals surface area contributed by atoms with Gasteiger partial charge >= 0.3 is 6.03 Å². The zero-order valence-electron chi connectivity index (χ0n) is 11.8. The van der Waals surface area contributed by atoms with Crippen LogP contribution < -0.4 is 5.32 Å². The number of hydrogen-bond acceptors (Lipinski definition) is 4. The Labute approximate surface area is 121 Å². The summed E-state index contributed by atoms with van der Waals surface area (Å²) in [5, 5.41) is 6.72. The van der Waals surface area contributed by atoms with E-state index in [0.29, 0.717) is 0 Å². The molecule has 0 spiro atoms. The number of carbonyl (C=O) groups excluding carboxylic acids is 2. The Morgan fingerprint density at radius 2 is 2.10 bits per heavy atom. The molecule has 1 aromatic carbocycles. The topological polar surface area (TPSA) is 80.1 Å². The van der Waals surface area contributed by atoms with Crippen LogP contribution in [0.5, 0.6) is 0 Å². The quantitative estimate of drug-likeness (QED) is 0.856. The molecule has 2 heterocycles. The van der Waals surface area contributed by atoms with E-state index < -0.39 is 5.54 Å². The van der Waals surface area contributed by atoms with Gasteiger partial charge in [-0.15, -0.1) is 0 Å². The number of nitrogens with one attached hydrogen (secondary N) is 1. The zero-order valence-corrected chi connectivity index (χ0v) is 11.8. The molecule has 1 N–H and O–H groups in total. The first-order chi connectivity index (χ1) is 9.97. The number of benzene rings is 1. The van der Waals surface area contributed by atoms with Crippen LogP contribution in [0, 0.1) is 0 Å². The minimum absolute atomic E-state index is 0.223. The van der Waals surface area contributed by atoms with Gasteiger partial charge in [0, 0.05) is 0 Å². The van der Waals surface area contributed by atoms with E-state index in [9.17, 15) is 9.59 Å². The molecule has 1 fully saturated rings. The third-order valence-corrected chi connectivity index (χ3v) is 3.38. The maximum Gasteiger partial charge on any atom is 0.325 e. The smallest absolute Gasteiger partial charge is 0.324 e. The number of urea groups is 1. The van der Waals surface area contributed by atoms with Gasteiger partial charge in [0.2, 0.25) is 0 Å². The van der Waals surface area contributed by atoms with Gasteiger partial charge in [-0.05, 0) is 31.5 Å². The van der Waals surface area contributed by atoms with Crippen molar-refractivity contribution in [1.29, 1.82) is 0 Å². The fraction of sp³-hybridized carbons (Fsp3) is 0.286. The summed E-state index contributed by atoms with van der Waals surface area (Å²) in [7, 11) is 0. The molecule has 0 atom stereocenters. The number of carbonyl (C=O) groups is 2. The number of rotatable bonds is 3. The average molecular weight is 285 g/mol. The van der Waals surface area contributed by atoms with Crippen molar-refractivity contribution in [1.82, 2.24) is 25.0 Å². The molecule has 3 amide bonds.